The predicted octanol–water partition coefficient (Wildman–Crippen LogP) is 6.10. The fourth-order valence-corrected chi connectivity index (χ4v) is 3.76. The molecule has 6 heteroatoms. The molecule has 4 aromatic rings. The Bertz CT molecular complexity index is 1180. The SMILES string of the molecule is CC1CCOC1.COc1ccc(-c2ccnn2-c2ccc(-c3ccc(F)nc3)cc2)cc1C. The highest BCUT2D eigenvalue weighted by Crippen LogP contribution is 2.28. The number of hydrogen-bond donors (Lipinski definition) is 0. The molecule has 0 N–H and O–H groups in total. The Balaban J connectivity index is 0.000000376. The summed E-state index contributed by atoms with van der Waals surface area (Å²) in [5, 5.41) is 4.47. The minimum atomic E-state index is -0.480. The third kappa shape index (κ3) is 5.46. The van der Waals surface area contributed by atoms with Crippen molar-refractivity contribution >= 4 is 0 Å². The fraction of sp³-hybridized carbons (Fsp3) is 0.259. The lowest BCUT2D eigenvalue weighted by atomic mass is 10.1. The van der Waals surface area contributed by atoms with Gasteiger partial charge in [0.05, 0.1) is 24.7 Å². The molecule has 5 rings (SSSR count). The first kappa shape index (κ1) is 22.7. The molecule has 0 amide bonds. The number of benzene rings is 2. The maximum Gasteiger partial charge on any atom is 0.212 e. The van der Waals surface area contributed by atoms with Gasteiger partial charge in [0, 0.05) is 30.5 Å². The topological polar surface area (TPSA) is 49.2 Å². The van der Waals surface area contributed by atoms with Gasteiger partial charge in [-0.15, -0.1) is 0 Å². The molecule has 1 aliphatic rings. The van der Waals surface area contributed by atoms with Gasteiger partial charge in [0.2, 0.25) is 5.95 Å². The molecule has 1 saturated heterocycles. The van der Waals surface area contributed by atoms with Gasteiger partial charge in [-0.25, -0.2) is 9.67 Å². The first-order chi connectivity index (χ1) is 16.0. The monoisotopic (exact) mass is 445 g/mol. The van der Waals surface area contributed by atoms with Gasteiger partial charge in [-0.1, -0.05) is 19.1 Å². The van der Waals surface area contributed by atoms with Gasteiger partial charge in [-0.2, -0.15) is 9.49 Å². The van der Waals surface area contributed by atoms with E-state index in [4.69, 9.17) is 9.47 Å². The molecule has 5 nitrogen and oxygen atoms in total. The summed E-state index contributed by atoms with van der Waals surface area (Å²) in [4.78, 5) is 3.71. The van der Waals surface area contributed by atoms with Crippen LogP contribution >= 0.6 is 0 Å². The van der Waals surface area contributed by atoms with Crippen LogP contribution in [0.1, 0.15) is 18.9 Å². The van der Waals surface area contributed by atoms with Crippen molar-refractivity contribution in [1.29, 1.82) is 0 Å². The average molecular weight is 446 g/mol. The first-order valence-corrected chi connectivity index (χ1v) is 11.0. The van der Waals surface area contributed by atoms with Crippen molar-refractivity contribution in [2.75, 3.05) is 20.3 Å². The smallest absolute Gasteiger partial charge is 0.212 e. The van der Waals surface area contributed by atoms with Crippen molar-refractivity contribution in [3.63, 3.8) is 0 Å². The summed E-state index contributed by atoms with van der Waals surface area (Å²) < 4.78 is 25.3. The van der Waals surface area contributed by atoms with Crippen molar-refractivity contribution in [3.05, 3.63) is 84.6 Å². The molecular formula is C27H28FN3O2. The molecule has 1 atom stereocenters. The van der Waals surface area contributed by atoms with Crippen LogP contribution in [0.3, 0.4) is 0 Å². The number of methoxy groups -OCH3 is 1. The van der Waals surface area contributed by atoms with Crippen LogP contribution in [0.4, 0.5) is 4.39 Å². The first-order valence-electron chi connectivity index (χ1n) is 11.0. The Kier molecular flexibility index (Phi) is 7.15. The Hall–Kier alpha value is -3.51. The number of aromatic nitrogens is 3. The van der Waals surface area contributed by atoms with Gasteiger partial charge in [0.1, 0.15) is 5.75 Å². The second kappa shape index (κ2) is 10.4. The van der Waals surface area contributed by atoms with E-state index in [9.17, 15) is 4.39 Å². The van der Waals surface area contributed by atoms with E-state index in [-0.39, 0.29) is 0 Å². The molecule has 1 fully saturated rings. The van der Waals surface area contributed by atoms with E-state index < -0.39 is 5.95 Å². The standard InChI is InChI=1S/C22H18FN3O.C5H10O/c1-15-13-17(5-9-21(15)27-2)20-11-12-25-26(20)19-7-3-16(4-8-19)18-6-10-22(23)24-14-18;1-5-2-3-6-4-5/h3-14H,1-2H3;5H,2-4H2,1H3. The maximum atomic E-state index is 13.0. The number of nitrogens with zero attached hydrogens (tertiary/aromatic N) is 3. The number of rotatable bonds is 4. The second-order valence-electron chi connectivity index (χ2n) is 8.20. The lowest BCUT2D eigenvalue weighted by molar-refractivity contribution is 0.188. The van der Waals surface area contributed by atoms with Crippen molar-refractivity contribution in [2.24, 2.45) is 5.92 Å². The Labute approximate surface area is 193 Å². The summed E-state index contributed by atoms with van der Waals surface area (Å²) in [7, 11) is 1.67. The van der Waals surface area contributed by atoms with Gasteiger partial charge in [-0.3, -0.25) is 0 Å². The van der Waals surface area contributed by atoms with Crippen LogP contribution in [0, 0.1) is 18.8 Å². The lowest BCUT2D eigenvalue weighted by Crippen LogP contribution is -1.99. The zero-order valence-electron chi connectivity index (χ0n) is 19.2. The molecular weight excluding hydrogens is 417 g/mol. The van der Waals surface area contributed by atoms with Crippen molar-refractivity contribution in [1.82, 2.24) is 14.8 Å². The summed E-state index contributed by atoms with van der Waals surface area (Å²) in [6.07, 6.45) is 4.58. The number of ether oxygens (including phenoxy) is 2. The largest absolute Gasteiger partial charge is 0.496 e. The third-order valence-electron chi connectivity index (χ3n) is 5.66. The van der Waals surface area contributed by atoms with E-state index in [1.807, 2.05) is 54.1 Å². The van der Waals surface area contributed by atoms with Crippen LogP contribution < -0.4 is 4.74 Å². The highest BCUT2D eigenvalue weighted by molar-refractivity contribution is 5.67. The molecule has 2 aromatic carbocycles. The van der Waals surface area contributed by atoms with E-state index >= 15 is 0 Å². The van der Waals surface area contributed by atoms with Gasteiger partial charge in [0.15, 0.2) is 0 Å². The molecule has 3 heterocycles. The van der Waals surface area contributed by atoms with E-state index in [1.165, 1.54) is 18.7 Å². The third-order valence-corrected chi connectivity index (χ3v) is 5.66. The van der Waals surface area contributed by atoms with Gasteiger partial charge >= 0.3 is 0 Å². The van der Waals surface area contributed by atoms with Crippen LogP contribution in [-0.4, -0.2) is 35.1 Å². The highest BCUT2D eigenvalue weighted by atomic mass is 19.1. The van der Waals surface area contributed by atoms with Crippen molar-refractivity contribution < 1.29 is 13.9 Å². The summed E-state index contributed by atoms with van der Waals surface area (Å²) >= 11 is 0. The fourth-order valence-electron chi connectivity index (χ4n) is 3.76. The molecule has 0 radical (unpaired) electrons. The Morgan fingerprint density at radius 1 is 1.00 bits per heavy atom. The minimum absolute atomic E-state index is 0.480. The number of pyridine rings is 1. The maximum absolute atomic E-state index is 13.0. The number of aryl methyl sites for hydroxylation is 1. The van der Waals surface area contributed by atoms with Crippen LogP contribution in [0.2, 0.25) is 0 Å². The molecule has 0 saturated carbocycles. The number of hydrogen-bond acceptors (Lipinski definition) is 4. The van der Waals surface area contributed by atoms with Crippen LogP contribution in [0.25, 0.3) is 28.1 Å². The predicted molar refractivity (Wildman–Crippen MR) is 128 cm³/mol. The molecule has 0 bridgehead atoms. The summed E-state index contributed by atoms with van der Waals surface area (Å²) in [6.45, 7) is 6.21. The van der Waals surface area contributed by atoms with E-state index in [0.717, 1.165) is 58.5 Å². The summed E-state index contributed by atoms with van der Waals surface area (Å²) in [5.41, 5.74) is 5.92. The molecule has 0 aliphatic carbocycles. The summed E-state index contributed by atoms with van der Waals surface area (Å²) in [6, 6.07) is 19.1. The van der Waals surface area contributed by atoms with E-state index in [1.54, 1.807) is 19.4 Å². The van der Waals surface area contributed by atoms with Crippen molar-refractivity contribution in [2.45, 2.75) is 20.3 Å². The zero-order valence-corrected chi connectivity index (χ0v) is 19.2. The second-order valence-corrected chi connectivity index (χ2v) is 8.20. The van der Waals surface area contributed by atoms with Gasteiger partial charge in [-0.05, 0) is 78.9 Å². The molecule has 33 heavy (non-hydrogen) atoms. The lowest BCUT2D eigenvalue weighted by Gasteiger charge is -2.11. The van der Waals surface area contributed by atoms with Crippen LogP contribution in [0.15, 0.2) is 73.1 Å². The minimum Gasteiger partial charge on any atom is -0.496 e. The molecule has 1 unspecified atom stereocenters. The van der Waals surface area contributed by atoms with Crippen LogP contribution in [-0.2, 0) is 4.74 Å². The van der Waals surface area contributed by atoms with Crippen molar-refractivity contribution in [3.8, 4) is 33.8 Å². The quantitative estimate of drug-likeness (QED) is 0.356. The Morgan fingerprint density at radius 2 is 1.76 bits per heavy atom. The highest BCUT2D eigenvalue weighted by Gasteiger charge is 2.10. The Morgan fingerprint density at radius 3 is 2.33 bits per heavy atom. The van der Waals surface area contributed by atoms with Gasteiger partial charge in [0.25, 0.3) is 0 Å². The molecule has 1 aliphatic heterocycles. The molecule has 0 spiro atoms. The molecule has 170 valence electrons. The molecule has 2 aromatic heterocycles. The zero-order chi connectivity index (χ0) is 23.2. The van der Waals surface area contributed by atoms with E-state index in [2.05, 4.69) is 23.1 Å². The number of halogens is 1. The van der Waals surface area contributed by atoms with E-state index in [0.29, 0.717) is 0 Å². The normalized spacial score (nSPS) is 15.1. The summed E-state index contributed by atoms with van der Waals surface area (Å²) in [5.74, 6) is 1.21. The van der Waals surface area contributed by atoms with Crippen LogP contribution in [0.5, 0.6) is 5.75 Å². The van der Waals surface area contributed by atoms with Gasteiger partial charge < -0.3 is 9.47 Å². The average Bonchev–Trinajstić information content (AvgIpc) is 3.52.